The fourth-order valence-corrected chi connectivity index (χ4v) is 2.81. The average Bonchev–Trinajstić information content (AvgIpc) is 2.76. The van der Waals surface area contributed by atoms with E-state index < -0.39 is 5.54 Å². The van der Waals surface area contributed by atoms with Crippen molar-refractivity contribution in [2.75, 3.05) is 0 Å². The molecular formula is C18H19N3O2. The fourth-order valence-electron chi connectivity index (χ4n) is 2.81. The minimum absolute atomic E-state index is 0.264. The summed E-state index contributed by atoms with van der Waals surface area (Å²) in [5.41, 5.74) is 2.56. The van der Waals surface area contributed by atoms with Crippen LogP contribution < -0.4 is 5.32 Å². The van der Waals surface area contributed by atoms with Gasteiger partial charge in [0.25, 0.3) is 5.91 Å². The van der Waals surface area contributed by atoms with Gasteiger partial charge in [0.1, 0.15) is 0 Å². The van der Waals surface area contributed by atoms with E-state index in [-0.39, 0.29) is 18.5 Å². The highest BCUT2D eigenvalue weighted by Gasteiger charge is 2.49. The molecule has 0 saturated carbocycles. The molecule has 1 fully saturated rings. The van der Waals surface area contributed by atoms with Crippen molar-refractivity contribution in [1.29, 1.82) is 0 Å². The smallest absolute Gasteiger partial charge is 0.318 e. The lowest BCUT2D eigenvalue weighted by Crippen LogP contribution is -2.41. The number of nitrogens with one attached hydrogen (secondary N) is 1. The lowest BCUT2D eigenvalue weighted by Gasteiger charge is -2.21. The van der Waals surface area contributed by atoms with Gasteiger partial charge >= 0.3 is 6.03 Å². The maximum atomic E-state index is 12.8. The molecule has 0 radical (unpaired) electrons. The lowest BCUT2D eigenvalue weighted by molar-refractivity contribution is -0.131. The van der Waals surface area contributed by atoms with Gasteiger partial charge in [-0.1, -0.05) is 29.8 Å². The lowest BCUT2D eigenvalue weighted by atomic mass is 9.97. The zero-order chi connectivity index (χ0) is 16.6. The Morgan fingerprint density at radius 3 is 2.65 bits per heavy atom. The zero-order valence-corrected chi connectivity index (χ0v) is 13.5. The number of hydrogen-bond acceptors (Lipinski definition) is 3. The minimum Gasteiger partial charge on any atom is -0.318 e. The molecule has 1 aromatic carbocycles. The first-order chi connectivity index (χ1) is 10.9. The molecule has 5 heteroatoms. The van der Waals surface area contributed by atoms with Crippen molar-refractivity contribution in [3.8, 4) is 0 Å². The summed E-state index contributed by atoms with van der Waals surface area (Å²) in [4.78, 5) is 30.7. The first kappa shape index (κ1) is 15.2. The first-order valence-corrected chi connectivity index (χ1v) is 7.53. The van der Waals surface area contributed by atoms with Gasteiger partial charge in [-0.2, -0.15) is 0 Å². The molecule has 1 aliphatic heterocycles. The fraction of sp³-hybridized carbons (Fsp3) is 0.278. The Morgan fingerprint density at radius 2 is 1.96 bits per heavy atom. The highest BCUT2D eigenvalue weighted by Crippen LogP contribution is 2.28. The van der Waals surface area contributed by atoms with E-state index in [1.165, 1.54) is 4.90 Å². The second kappa shape index (κ2) is 5.50. The van der Waals surface area contributed by atoms with Gasteiger partial charge in [0.2, 0.25) is 0 Å². The zero-order valence-electron chi connectivity index (χ0n) is 13.5. The summed E-state index contributed by atoms with van der Waals surface area (Å²) in [6.45, 7) is 5.93. The van der Waals surface area contributed by atoms with E-state index in [1.807, 2.05) is 32.0 Å². The number of carbonyl (C=O) groups excluding carboxylic acids is 2. The normalized spacial score (nSPS) is 20.7. The minimum atomic E-state index is -1.12. The SMILES string of the molecule is Cc1ccc(C)c(CN2C(=O)NC(C)(c3ccccn3)C2=O)c1. The summed E-state index contributed by atoms with van der Waals surface area (Å²) < 4.78 is 0. The quantitative estimate of drug-likeness (QED) is 0.887. The third kappa shape index (κ3) is 2.59. The number of aryl methyl sites for hydroxylation is 2. The third-order valence-corrected chi connectivity index (χ3v) is 4.29. The molecule has 0 spiro atoms. The molecule has 1 N–H and O–H groups in total. The summed E-state index contributed by atoms with van der Waals surface area (Å²) >= 11 is 0. The van der Waals surface area contributed by atoms with Gasteiger partial charge in [-0.3, -0.25) is 14.7 Å². The molecule has 1 saturated heterocycles. The molecule has 118 valence electrons. The van der Waals surface area contributed by atoms with Crippen LogP contribution in [0.15, 0.2) is 42.6 Å². The Hall–Kier alpha value is -2.69. The number of hydrogen-bond donors (Lipinski definition) is 1. The highest BCUT2D eigenvalue weighted by atomic mass is 16.2. The highest BCUT2D eigenvalue weighted by molar-refractivity contribution is 6.06. The van der Waals surface area contributed by atoms with Crippen molar-refractivity contribution in [2.24, 2.45) is 0 Å². The van der Waals surface area contributed by atoms with Crippen LogP contribution in [-0.2, 0) is 16.9 Å². The van der Waals surface area contributed by atoms with E-state index in [9.17, 15) is 9.59 Å². The standard InChI is InChI=1S/C18H19N3O2/c1-12-7-8-13(2)14(10-12)11-21-16(22)18(3,20-17(21)23)15-6-4-5-9-19-15/h4-10H,11H2,1-3H3,(H,20,23). The largest absolute Gasteiger partial charge is 0.325 e. The van der Waals surface area contributed by atoms with Crippen LogP contribution in [-0.4, -0.2) is 21.8 Å². The molecule has 1 unspecified atom stereocenters. The van der Waals surface area contributed by atoms with E-state index >= 15 is 0 Å². The van der Waals surface area contributed by atoms with E-state index in [2.05, 4.69) is 10.3 Å². The maximum absolute atomic E-state index is 12.8. The predicted octanol–water partition coefficient (Wildman–Crippen LogP) is 2.67. The Labute approximate surface area is 135 Å². The maximum Gasteiger partial charge on any atom is 0.325 e. The molecule has 1 aromatic heterocycles. The van der Waals surface area contributed by atoms with Crippen LogP contribution in [0.3, 0.4) is 0 Å². The summed E-state index contributed by atoms with van der Waals surface area (Å²) in [6, 6.07) is 11.0. The van der Waals surface area contributed by atoms with Gasteiger partial charge in [0.05, 0.1) is 12.2 Å². The van der Waals surface area contributed by atoms with Crippen molar-refractivity contribution in [3.63, 3.8) is 0 Å². The Kier molecular flexibility index (Phi) is 3.64. The Bertz CT molecular complexity index is 773. The van der Waals surface area contributed by atoms with Gasteiger partial charge < -0.3 is 5.32 Å². The van der Waals surface area contributed by atoms with Crippen molar-refractivity contribution in [2.45, 2.75) is 32.9 Å². The number of amides is 3. The van der Waals surface area contributed by atoms with Crippen LogP contribution in [0.25, 0.3) is 0 Å². The van der Waals surface area contributed by atoms with Crippen LogP contribution in [0, 0.1) is 13.8 Å². The summed E-state index contributed by atoms with van der Waals surface area (Å²) in [5, 5.41) is 2.78. The topological polar surface area (TPSA) is 62.3 Å². The predicted molar refractivity (Wildman–Crippen MR) is 86.6 cm³/mol. The third-order valence-electron chi connectivity index (χ3n) is 4.29. The van der Waals surface area contributed by atoms with Crippen molar-refractivity contribution >= 4 is 11.9 Å². The van der Waals surface area contributed by atoms with Crippen molar-refractivity contribution in [1.82, 2.24) is 15.2 Å². The molecule has 1 aliphatic rings. The number of benzene rings is 1. The number of urea groups is 1. The second-order valence-corrected chi connectivity index (χ2v) is 6.09. The molecule has 1 atom stereocenters. The number of rotatable bonds is 3. The molecule has 0 bridgehead atoms. The number of imide groups is 1. The molecule has 5 nitrogen and oxygen atoms in total. The van der Waals surface area contributed by atoms with Crippen LogP contribution in [0.4, 0.5) is 4.79 Å². The first-order valence-electron chi connectivity index (χ1n) is 7.53. The van der Waals surface area contributed by atoms with Gasteiger partial charge in [0, 0.05) is 6.20 Å². The van der Waals surface area contributed by atoms with Crippen molar-refractivity contribution in [3.05, 3.63) is 65.0 Å². The average molecular weight is 309 g/mol. The van der Waals surface area contributed by atoms with Crippen LogP contribution in [0.1, 0.15) is 29.3 Å². The van der Waals surface area contributed by atoms with E-state index in [0.717, 1.165) is 16.7 Å². The van der Waals surface area contributed by atoms with Gasteiger partial charge in [0.15, 0.2) is 5.54 Å². The van der Waals surface area contributed by atoms with Gasteiger partial charge in [-0.15, -0.1) is 0 Å². The monoisotopic (exact) mass is 309 g/mol. The molecule has 23 heavy (non-hydrogen) atoms. The van der Waals surface area contributed by atoms with Gasteiger partial charge in [-0.25, -0.2) is 4.79 Å². The molecule has 0 aliphatic carbocycles. The summed E-state index contributed by atoms with van der Waals surface area (Å²) in [7, 11) is 0. The number of aromatic nitrogens is 1. The molecule has 2 heterocycles. The van der Waals surface area contributed by atoms with E-state index in [1.54, 1.807) is 31.3 Å². The number of pyridine rings is 1. The van der Waals surface area contributed by atoms with E-state index in [4.69, 9.17) is 0 Å². The van der Waals surface area contributed by atoms with Gasteiger partial charge in [-0.05, 0) is 44.0 Å². The second-order valence-electron chi connectivity index (χ2n) is 6.09. The van der Waals surface area contributed by atoms with Crippen LogP contribution in [0.5, 0.6) is 0 Å². The Morgan fingerprint density at radius 1 is 1.17 bits per heavy atom. The van der Waals surface area contributed by atoms with E-state index in [0.29, 0.717) is 5.69 Å². The molecular weight excluding hydrogens is 290 g/mol. The van der Waals surface area contributed by atoms with Crippen molar-refractivity contribution < 1.29 is 9.59 Å². The molecule has 3 amide bonds. The summed E-state index contributed by atoms with van der Waals surface area (Å²) in [6.07, 6.45) is 1.62. The Balaban J connectivity index is 1.92. The summed E-state index contributed by atoms with van der Waals surface area (Å²) in [5.74, 6) is -0.276. The number of carbonyl (C=O) groups is 2. The number of nitrogens with zero attached hydrogens (tertiary/aromatic N) is 2. The van der Waals surface area contributed by atoms with Crippen LogP contribution in [0.2, 0.25) is 0 Å². The molecule has 2 aromatic rings. The molecule has 3 rings (SSSR count). The van der Waals surface area contributed by atoms with Crippen LogP contribution >= 0.6 is 0 Å².